The monoisotopic (exact) mass is 405 g/mol. The minimum atomic E-state index is -0.308. The molecule has 3 unspecified atom stereocenters. The topological polar surface area (TPSA) is 75.4 Å². The summed E-state index contributed by atoms with van der Waals surface area (Å²) in [5.74, 6) is 1.12. The van der Waals surface area contributed by atoms with E-state index < -0.39 is 0 Å². The Balaban J connectivity index is 0.00000225. The molecule has 3 N–H and O–H groups in total. The van der Waals surface area contributed by atoms with Gasteiger partial charge in [0.1, 0.15) is 6.04 Å². The molecule has 3 fully saturated rings. The summed E-state index contributed by atoms with van der Waals surface area (Å²) in [6.45, 7) is 0.687. The summed E-state index contributed by atoms with van der Waals surface area (Å²) < 4.78 is 0. The maximum Gasteiger partial charge on any atom is 0.243 e. The zero-order chi connectivity index (χ0) is 18.8. The molecule has 154 valence electrons. The van der Waals surface area contributed by atoms with Crippen LogP contribution < -0.4 is 11.1 Å². The van der Waals surface area contributed by atoms with E-state index in [1.54, 1.807) is 4.90 Å². The zero-order valence-electron chi connectivity index (χ0n) is 16.4. The number of nitrogens with zero attached hydrogens (tertiary/aromatic N) is 1. The lowest BCUT2D eigenvalue weighted by molar-refractivity contribution is -0.139. The fourth-order valence-electron chi connectivity index (χ4n) is 5.50. The van der Waals surface area contributed by atoms with Crippen molar-refractivity contribution in [2.75, 3.05) is 6.54 Å². The van der Waals surface area contributed by atoms with E-state index >= 15 is 0 Å². The van der Waals surface area contributed by atoms with Gasteiger partial charge in [-0.05, 0) is 55.9 Å². The zero-order valence-corrected chi connectivity index (χ0v) is 17.2. The largest absolute Gasteiger partial charge is 0.351 e. The highest BCUT2D eigenvalue weighted by Gasteiger charge is 2.42. The van der Waals surface area contributed by atoms with Gasteiger partial charge in [0.2, 0.25) is 11.8 Å². The smallest absolute Gasteiger partial charge is 0.243 e. The van der Waals surface area contributed by atoms with E-state index in [0.717, 1.165) is 44.1 Å². The summed E-state index contributed by atoms with van der Waals surface area (Å²) in [5.41, 5.74) is 7.21. The van der Waals surface area contributed by atoms with Crippen molar-refractivity contribution in [2.45, 2.75) is 69.5 Å². The van der Waals surface area contributed by atoms with Gasteiger partial charge in [0.25, 0.3) is 0 Å². The molecule has 1 heterocycles. The normalized spacial score (nSPS) is 31.8. The van der Waals surface area contributed by atoms with Crippen LogP contribution in [-0.2, 0) is 16.0 Å². The van der Waals surface area contributed by atoms with Crippen molar-refractivity contribution in [1.29, 1.82) is 0 Å². The molecule has 4 rings (SSSR count). The van der Waals surface area contributed by atoms with Crippen LogP contribution in [-0.4, -0.2) is 41.4 Å². The highest BCUT2D eigenvalue weighted by molar-refractivity contribution is 5.89. The van der Waals surface area contributed by atoms with Gasteiger partial charge in [-0.15, -0.1) is 12.4 Å². The van der Waals surface area contributed by atoms with E-state index in [2.05, 4.69) is 5.32 Å². The molecule has 0 spiro atoms. The maximum atomic E-state index is 13.1. The van der Waals surface area contributed by atoms with E-state index in [1.165, 1.54) is 6.42 Å². The molecular formula is C22H32ClN3O2. The first-order chi connectivity index (χ1) is 13.1. The molecule has 0 radical (unpaired) electrons. The summed E-state index contributed by atoms with van der Waals surface area (Å²) in [4.78, 5) is 27.6. The van der Waals surface area contributed by atoms with Gasteiger partial charge >= 0.3 is 0 Å². The first-order valence-corrected chi connectivity index (χ1v) is 10.5. The van der Waals surface area contributed by atoms with E-state index in [9.17, 15) is 9.59 Å². The molecule has 2 aliphatic carbocycles. The van der Waals surface area contributed by atoms with Gasteiger partial charge in [0.05, 0.1) is 6.42 Å². The molecule has 2 saturated carbocycles. The van der Waals surface area contributed by atoms with E-state index in [0.29, 0.717) is 24.8 Å². The van der Waals surface area contributed by atoms with Crippen molar-refractivity contribution in [3.63, 3.8) is 0 Å². The van der Waals surface area contributed by atoms with Gasteiger partial charge in [-0.25, -0.2) is 0 Å². The number of nitrogens with two attached hydrogens (primary N) is 1. The Hall–Kier alpha value is -1.59. The van der Waals surface area contributed by atoms with E-state index in [1.807, 2.05) is 30.3 Å². The summed E-state index contributed by atoms with van der Waals surface area (Å²) in [5, 5.41) is 3.34. The number of rotatable bonds is 4. The Bertz CT molecular complexity index is 670. The number of carbonyl (C=O) groups excluding carboxylic acids is 2. The highest BCUT2D eigenvalue weighted by atomic mass is 35.5. The van der Waals surface area contributed by atoms with Crippen molar-refractivity contribution < 1.29 is 9.59 Å². The van der Waals surface area contributed by atoms with E-state index in [-0.39, 0.29) is 42.3 Å². The molecule has 1 aromatic carbocycles. The maximum absolute atomic E-state index is 13.1. The lowest BCUT2D eigenvalue weighted by Gasteiger charge is -2.45. The predicted molar refractivity (Wildman–Crippen MR) is 112 cm³/mol. The Morgan fingerprint density at radius 3 is 2.39 bits per heavy atom. The summed E-state index contributed by atoms with van der Waals surface area (Å²) in [7, 11) is 0. The second-order valence-corrected chi connectivity index (χ2v) is 8.62. The van der Waals surface area contributed by atoms with Gasteiger partial charge in [-0.2, -0.15) is 0 Å². The average Bonchev–Trinajstić information content (AvgIpc) is 3.13. The molecular weight excluding hydrogens is 374 g/mol. The molecule has 1 saturated heterocycles. The summed E-state index contributed by atoms with van der Waals surface area (Å²) in [6.07, 6.45) is 7.65. The molecule has 6 heteroatoms. The third kappa shape index (κ3) is 4.52. The van der Waals surface area contributed by atoms with Crippen LogP contribution in [0.25, 0.3) is 0 Å². The highest BCUT2D eigenvalue weighted by Crippen LogP contribution is 2.39. The molecule has 3 atom stereocenters. The lowest BCUT2D eigenvalue weighted by atomic mass is 9.67. The van der Waals surface area contributed by atoms with Gasteiger partial charge in [0.15, 0.2) is 0 Å². The Morgan fingerprint density at radius 1 is 1.04 bits per heavy atom. The quantitative estimate of drug-likeness (QED) is 0.808. The molecule has 28 heavy (non-hydrogen) atoms. The van der Waals surface area contributed by atoms with Gasteiger partial charge in [0, 0.05) is 18.6 Å². The molecule has 2 bridgehead atoms. The average molecular weight is 406 g/mol. The number of carbonyl (C=O) groups is 2. The van der Waals surface area contributed by atoms with Crippen molar-refractivity contribution in [3.05, 3.63) is 35.9 Å². The summed E-state index contributed by atoms with van der Waals surface area (Å²) in [6, 6.07) is 10.0. The first kappa shape index (κ1) is 21.1. The summed E-state index contributed by atoms with van der Waals surface area (Å²) >= 11 is 0. The number of likely N-dealkylation sites (tertiary alicyclic amines) is 1. The van der Waals surface area contributed by atoms with Crippen molar-refractivity contribution in [2.24, 2.45) is 17.6 Å². The Kier molecular flexibility index (Phi) is 7.00. The van der Waals surface area contributed by atoms with Crippen LogP contribution in [0, 0.1) is 11.8 Å². The van der Waals surface area contributed by atoms with Gasteiger partial charge < -0.3 is 16.0 Å². The number of fused-ring (bicyclic) bond motifs is 2. The van der Waals surface area contributed by atoms with Crippen LogP contribution in [0.15, 0.2) is 30.3 Å². The molecule has 1 aromatic rings. The third-order valence-corrected chi connectivity index (χ3v) is 6.76. The van der Waals surface area contributed by atoms with Crippen molar-refractivity contribution in [3.8, 4) is 0 Å². The molecule has 2 amide bonds. The van der Waals surface area contributed by atoms with Crippen LogP contribution in [0.1, 0.15) is 50.5 Å². The third-order valence-electron chi connectivity index (χ3n) is 6.76. The minimum Gasteiger partial charge on any atom is -0.351 e. The molecule has 5 nitrogen and oxygen atoms in total. The van der Waals surface area contributed by atoms with Crippen LogP contribution in [0.2, 0.25) is 0 Å². The minimum absolute atomic E-state index is 0. The second kappa shape index (κ2) is 9.27. The number of benzene rings is 1. The number of nitrogens with one attached hydrogen (secondary N) is 1. The number of halogens is 1. The lowest BCUT2D eigenvalue weighted by Crippen LogP contribution is -2.57. The molecule has 3 aliphatic rings. The molecule has 1 aliphatic heterocycles. The number of amides is 2. The SMILES string of the molecule is Cl.NC1CC2CCCC(C1)C2NC(=O)C1CCCN1C(=O)Cc1ccccc1. The number of hydrogen-bond donors (Lipinski definition) is 2. The van der Waals surface area contributed by atoms with Crippen LogP contribution >= 0.6 is 12.4 Å². The van der Waals surface area contributed by atoms with Crippen molar-refractivity contribution in [1.82, 2.24) is 10.2 Å². The fourth-order valence-corrected chi connectivity index (χ4v) is 5.50. The number of hydrogen-bond acceptors (Lipinski definition) is 3. The van der Waals surface area contributed by atoms with Crippen LogP contribution in [0.4, 0.5) is 0 Å². The fraction of sp³-hybridized carbons (Fsp3) is 0.636. The van der Waals surface area contributed by atoms with Crippen LogP contribution in [0.3, 0.4) is 0 Å². The Morgan fingerprint density at radius 2 is 1.71 bits per heavy atom. The first-order valence-electron chi connectivity index (χ1n) is 10.5. The molecule has 0 aromatic heterocycles. The van der Waals surface area contributed by atoms with Gasteiger partial charge in [-0.1, -0.05) is 36.8 Å². The second-order valence-electron chi connectivity index (χ2n) is 8.62. The van der Waals surface area contributed by atoms with Crippen LogP contribution in [0.5, 0.6) is 0 Å². The predicted octanol–water partition coefficient (Wildman–Crippen LogP) is 2.66. The van der Waals surface area contributed by atoms with Gasteiger partial charge in [-0.3, -0.25) is 9.59 Å². The van der Waals surface area contributed by atoms with E-state index in [4.69, 9.17) is 5.73 Å². The van der Waals surface area contributed by atoms with Crippen molar-refractivity contribution >= 4 is 24.2 Å². The Labute approximate surface area is 173 Å². The standard InChI is InChI=1S/C22H31N3O2.ClH/c23-18-13-16-8-4-9-17(14-18)21(16)24-22(27)19-10-5-11-25(19)20(26)12-15-6-2-1-3-7-15;/h1-3,6-7,16-19,21H,4-5,8-14,23H2,(H,24,27);1H.